The molecule has 1 heterocycles. The Morgan fingerprint density at radius 3 is 1.54 bits per heavy atom. The quantitative estimate of drug-likeness (QED) is 0.522. The SMILES string of the molecule is Nc1ccccc1NCc1cccc(CNc2ccccc2N)n1. The summed E-state index contributed by atoms with van der Waals surface area (Å²) in [4.78, 5) is 4.66. The van der Waals surface area contributed by atoms with Gasteiger partial charge in [0.2, 0.25) is 0 Å². The van der Waals surface area contributed by atoms with Gasteiger partial charge in [-0.15, -0.1) is 0 Å². The summed E-state index contributed by atoms with van der Waals surface area (Å²) < 4.78 is 0. The molecule has 24 heavy (non-hydrogen) atoms. The van der Waals surface area contributed by atoms with Crippen LogP contribution in [0.5, 0.6) is 0 Å². The van der Waals surface area contributed by atoms with Crippen LogP contribution in [0.1, 0.15) is 11.4 Å². The molecule has 5 nitrogen and oxygen atoms in total. The van der Waals surface area contributed by atoms with E-state index in [-0.39, 0.29) is 0 Å². The first-order chi connectivity index (χ1) is 11.7. The van der Waals surface area contributed by atoms with E-state index in [1.54, 1.807) is 0 Å². The molecular weight excluding hydrogens is 298 g/mol. The molecule has 122 valence electrons. The van der Waals surface area contributed by atoms with Crippen molar-refractivity contribution in [3.05, 3.63) is 78.1 Å². The zero-order valence-electron chi connectivity index (χ0n) is 13.4. The number of hydrogen-bond acceptors (Lipinski definition) is 5. The highest BCUT2D eigenvalue weighted by Gasteiger charge is 2.02. The Morgan fingerprint density at radius 1 is 0.625 bits per heavy atom. The van der Waals surface area contributed by atoms with Crippen LogP contribution in [0.2, 0.25) is 0 Å². The first kappa shape index (κ1) is 15.7. The molecule has 0 saturated heterocycles. The first-order valence-corrected chi connectivity index (χ1v) is 7.84. The van der Waals surface area contributed by atoms with Crippen molar-refractivity contribution in [1.29, 1.82) is 0 Å². The minimum absolute atomic E-state index is 0.621. The topological polar surface area (TPSA) is 89.0 Å². The lowest BCUT2D eigenvalue weighted by molar-refractivity contribution is 0.967. The van der Waals surface area contributed by atoms with Gasteiger partial charge in [0.15, 0.2) is 0 Å². The Balaban J connectivity index is 1.62. The molecule has 0 aliphatic carbocycles. The zero-order valence-corrected chi connectivity index (χ0v) is 13.4. The van der Waals surface area contributed by atoms with E-state index in [1.807, 2.05) is 66.7 Å². The Labute approximate surface area is 141 Å². The molecule has 0 aliphatic rings. The molecule has 6 N–H and O–H groups in total. The number of nitrogens with two attached hydrogens (primary N) is 2. The molecule has 3 aromatic rings. The van der Waals surface area contributed by atoms with E-state index in [2.05, 4.69) is 15.6 Å². The summed E-state index contributed by atoms with van der Waals surface area (Å²) in [5, 5.41) is 6.62. The van der Waals surface area contributed by atoms with Crippen LogP contribution in [-0.2, 0) is 13.1 Å². The second-order valence-electron chi connectivity index (χ2n) is 5.50. The highest BCUT2D eigenvalue weighted by molar-refractivity contribution is 5.66. The molecule has 0 bridgehead atoms. The van der Waals surface area contributed by atoms with Crippen molar-refractivity contribution in [2.45, 2.75) is 13.1 Å². The zero-order chi connectivity index (χ0) is 16.8. The minimum Gasteiger partial charge on any atom is -0.397 e. The van der Waals surface area contributed by atoms with Crippen molar-refractivity contribution in [2.75, 3.05) is 22.1 Å². The van der Waals surface area contributed by atoms with E-state index in [9.17, 15) is 0 Å². The lowest BCUT2D eigenvalue weighted by atomic mass is 10.2. The smallest absolute Gasteiger partial charge is 0.0598 e. The van der Waals surface area contributed by atoms with Crippen molar-refractivity contribution in [3.8, 4) is 0 Å². The van der Waals surface area contributed by atoms with Crippen LogP contribution in [0.15, 0.2) is 66.7 Å². The molecule has 5 heteroatoms. The lowest BCUT2D eigenvalue weighted by Crippen LogP contribution is -2.08. The predicted molar refractivity (Wildman–Crippen MR) is 101 cm³/mol. The van der Waals surface area contributed by atoms with Crippen molar-refractivity contribution >= 4 is 22.7 Å². The van der Waals surface area contributed by atoms with Gasteiger partial charge in [0.1, 0.15) is 0 Å². The number of pyridine rings is 1. The summed E-state index contributed by atoms with van der Waals surface area (Å²) in [5.74, 6) is 0. The third kappa shape index (κ3) is 3.95. The molecule has 0 saturated carbocycles. The summed E-state index contributed by atoms with van der Waals surface area (Å²) in [7, 11) is 0. The van der Waals surface area contributed by atoms with Gasteiger partial charge < -0.3 is 22.1 Å². The molecule has 0 atom stereocenters. The van der Waals surface area contributed by atoms with Gasteiger partial charge in [-0.25, -0.2) is 0 Å². The molecule has 3 rings (SSSR count). The number of para-hydroxylation sites is 4. The summed E-state index contributed by atoms with van der Waals surface area (Å²) >= 11 is 0. The number of aromatic nitrogens is 1. The van der Waals surface area contributed by atoms with Crippen LogP contribution in [0.4, 0.5) is 22.7 Å². The van der Waals surface area contributed by atoms with E-state index in [4.69, 9.17) is 11.5 Å². The summed E-state index contributed by atoms with van der Waals surface area (Å²) in [6.45, 7) is 1.24. The average Bonchev–Trinajstić information content (AvgIpc) is 2.61. The van der Waals surface area contributed by atoms with Crippen molar-refractivity contribution in [2.24, 2.45) is 0 Å². The van der Waals surface area contributed by atoms with Crippen LogP contribution in [0, 0.1) is 0 Å². The third-order valence-corrected chi connectivity index (χ3v) is 3.71. The molecule has 0 radical (unpaired) electrons. The van der Waals surface area contributed by atoms with Crippen molar-refractivity contribution < 1.29 is 0 Å². The maximum atomic E-state index is 5.94. The van der Waals surface area contributed by atoms with Gasteiger partial charge in [-0.1, -0.05) is 30.3 Å². The summed E-state index contributed by atoms with van der Waals surface area (Å²) in [6, 6.07) is 21.4. The van der Waals surface area contributed by atoms with Gasteiger partial charge in [0.25, 0.3) is 0 Å². The van der Waals surface area contributed by atoms with E-state index < -0.39 is 0 Å². The fourth-order valence-corrected chi connectivity index (χ4v) is 2.41. The molecule has 0 amide bonds. The van der Waals surface area contributed by atoms with Gasteiger partial charge in [-0.05, 0) is 36.4 Å². The van der Waals surface area contributed by atoms with Gasteiger partial charge in [0, 0.05) is 0 Å². The van der Waals surface area contributed by atoms with Crippen LogP contribution in [0.3, 0.4) is 0 Å². The molecule has 2 aromatic carbocycles. The van der Waals surface area contributed by atoms with Crippen molar-refractivity contribution in [1.82, 2.24) is 4.98 Å². The number of benzene rings is 2. The molecule has 0 spiro atoms. The Hall–Kier alpha value is -3.21. The second-order valence-corrected chi connectivity index (χ2v) is 5.50. The van der Waals surface area contributed by atoms with E-state index in [0.717, 1.165) is 34.1 Å². The molecule has 0 aliphatic heterocycles. The number of rotatable bonds is 6. The maximum Gasteiger partial charge on any atom is 0.0598 e. The van der Waals surface area contributed by atoms with Crippen LogP contribution in [-0.4, -0.2) is 4.98 Å². The predicted octanol–water partition coefficient (Wildman–Crippen LogP) is 3.47. The number of nitrogens with one attached hydrogen (secondary N) is 2. The monoisotopic (exact) mass is 319 g/mol. The van der Waals surface area contributed by atoms with Crippen molar-refractivity contribution in [3.63, 3.8) is 0 Å². The van der Waals surface area contributed by atoms with E-state index >= 15 is 0 Å². The number of nitrogen functional groups attached to an aromatic ring is 2. The van der Waals surface area contributed by atoms with Crippen LogP contribution >= 0.6 is 0 Å². The Bertz CT molecular complexity index is 751. The van der Waals surface area contributed by atoms with Gasteiger partial charge >= 0.3 is 0 Å². The maximum absolute atomic E-state index is 5.94. The molecule has 0 fully saturated rings. The number of hydrogen-bond donors (Lipinski definition) is 4. The second kappa shape index (κ2) is 7.37. The standard InChI is InChI=1S/C19H21N5/c20-16-8-1-3-10-18(16)22-12-14-6-5-7-15(24-14)13-23-19-11-4-2-9-17(19)21/h1-11,22-23H,12-13,20-21H2. The summed E-state index contributed by atoms with van der Waals surface area (Å²) in [5.41, 5.74) is 17.1. The van der Waals surface area contributed by atoms with E-state index in [0.29, 0.717) is 13.1 Å². The number of nitrogens with zero attached hydrogens (tertiary/aromatic N) is 1. The normalized spacial score (nSPS) is 10.3. The first-order valence-electron chi connectivity index (χ1n) is 7.84. The Kier molecular flexibility index (Phi) is 4.81. The largest absolute Gasteiger partial charge is 0.397 e. The molecular formula is C19H21N5. The minimum atomic E-state index is 0.621. The third-order valence-electron chi connectivity index (χ3n) is 3.71. The van der Waals surface area contributed by atoms with Gasteiger partial charge in [-0.3, -0.25) is 4.98 Å². The van der Waals surface area contributed by atoms with Crippen LogP contribution < -0.4 is 22.1 Å². The van der Waals surface area contributed by atoms with Gasteiger partial charge in [0.05, 0.1) is 47.2 Å². The lowest BCUT2D eigenvalue weighted by Gasteiger charge is -2.11. The van der Waals surface area contributed by atoms with Crippen LogP contribution in [0.25, 0.3) is 0 Å². The molecule has 0 unspecified atom stereocenters. The highest BCUT2D eigenvalue weighted by Crippen LogP contribution is 2.19. The fraction of sp³-hybridized carbons (Fsp3) is 0.105. The van der Waals surface area contributed by atoms with E-state index in [1.165, 1.54) is 0 Å². The Morgan fingerprint density at radius 2 is 1.08 bits per heavy atom. The highest BCUT2D eigenvalue weighted by atomic mass is 14.9. The molecule has 1 aromatic heterocycles. The summed E-state index contributed by atoms with van der Waals surface area (Å²) in [6.07, 6.45) is 0. The fourth-order valence-electron chi connectivity index (χ4n) is 2.41. The number of anilines is 4. The average molecular weight is 319 g/mol. The van der Waals surface area contributed by atoms with Gasteiger partial charge in [-0.2, -0.15) is 0 Å².